The van der Waals surface area contributed by atoms with Crippen molar-refractivity contribution in [2.75, 3.05) is 16.8 Å². The van der Waals surface area contributed by atoms with Gasteiger partial charge in [-0.2, -0.15) is 0 Å². The van der Waals surface area contributed by atoms with Gasteiger partial charge >= 0.3 is 0 Å². The van der Waals surface area contributed by atoms with Crippen LogP contribution in [-0.4, -0.2) is 27.9 Å². The third-order valence-electron chi connectivity index (χ3n) is 5.64. The number of fused-ring (bicyclic) bond motifs is 1. The zero-order chi connectivity index (χ0) is 22.0. The molecule has 0 bridgehead atoms. The highest BCUT2D eigenvalue weighted by Gasteiger charge is 2.24. The van der Waals surface area contributed by atoms with Crippen LogP contribution in [0.5, 0.6) is 0 Å². The number of hydrogen-bond donors (Lipinski definition) is 1. The Bertz CT molecular complexity index is 1120. The van der Waals surface area contributed by atoms with Gasteiger partial charge in [-0.3, -0.25) is 9.59 Å². The standard InChI is InChI=1S/C25H28N4O2/c1-4-23(30)29-12-10-19-15-20(8-9-22(19)29)25(31)27-21-7-5-6-18(14-21)16-28-13-11-26-24(28)17(2)3/h5-9,11,13-15,17H,4,10,12,16H2,1-3H3,(H,27,31). The van der Waals surface area contributed by atoms with Crippen molar-refractivity contribution in [3.63, 3.8) is 0 Å². The van der Waals surface area contributed by atoms with Crippen LogP contribution >= 0.6 is 0 Å². The van der Waals surface area contributed by atoms with E-state index >= 15 is 0 Å². The van der Waals surface area contributed by atoms with Gasteiger partial charge in [-0.15, -0.1) is 0 Å². The minimum atomic E-state index is -0.147. The van der Waals surface area contributed by atoms with Crippen molar-refractivity contribution in [3.8, 4) is 0 Å². The van der Waals surface area contributed by atoms with E-state index in [1.54, 1.807) is 6.07 Å². The SMILES string of the molecule is CCC(=O)N1CCc2cc(C(=O)Nc3cccc(Cn4ccnc4C(C)C)c3)ccc21. The lowest BCUT2D eigenvalue weighted by atomic mass is 10.1. The number of rotatable bonds is 6. The summed E-state index contributed by atoms with van der Waals surface area (Å²) < 4.78 is 2.13. The summed E-state index contributed by atoms with van der Waals surface area (Å²) in [7, 11) is 0. The summed E-state index contributed by atoms with van der Waals surface area (Å²) in [6, 6.07) is 13.5. The molecule has 1 N–H and O–H groups in total. The van der Waals surface area contributed by atoms with E-state index in [1.165, 1.54) is 0 Å². The first-order valence-electron chi connectivity index (χ1n) is 10.8. The first-order valence-corrected chi connectivity index (χ1v) is 10.8. The molecular formula is C25H28N4O2. The van der Waals surface area contributed by atoms with Gasteiger partial charge in [0.15, 0.2) is 0 Å². The van der Waals surface area contributed by atoms with Crippen LogP contribution in [0.2, 0.25) is 0 Å². The average molecular weight is 417 g/mol. The lowest BCUT2D eigenvalue weighted by molar-refractivity contribution is -0.118. The van der Waals surface area contributed by atoms with E-state index < -0.39 is 0 Å². The molecule has 6 nitrogen and oxygen atoms in total. The third kappa shape index (κ3) is 4.38. The van der Waals surface area contributed by atoms with E-state index in [9.17, 15) is 9.59 Å². The van der Waals surface area contributed by atoms with Gasteiger partial charge in [-0.05, 0) is 47.9 Å². The van der Waals surface area contributed by atoms with Crippen molar-refractivity contribution >= 4 is 23.2 Å². The predicted octanol–water partition coefficient (Wildman–Crippen LogP) is 4.61. The highest BCUT2D eigenvalue weighted by atomic mass is 16.2. The van der Waals surface area contributed by atoms with Gasteiger partial charge in [0.25, 0.3) is 5.91 Å². The second-order valence-corrected chi connectivity index (χ2v) is 8.21. The van der Waals surface area contributed by atoms with Crippen LogP contribution < -0.4 is 10.2 Å². The summed E-state index contributed by atoms with van der Waals surface area (Å²) in [4.78, 5) is 31.2. The highest BCUT2D eigenvalue weighted by Crippen LogP contribution is 2.29. The number of benzene rings is 2. The molecular weight excluding hydrogens is 388 g/mol. The van der Waals surface area contributed by atoms with Crippen molar-refractivity contribution in [3.05, 3.63) is 77.4 Å². The van der Waals surface area contributed by atoms with Crippen molar-refractivity contribution in [2.45, 2.75) is 46.1 Å². The van der Waals surface area contributed by atoms with Crippen LogP contribution in [0.3, 0.4) is 0 Å². The molecule has 0 atom stereocenters. The minimum Gasteiger partial charge on any atom is -0.330 e. The van der Waals surface area contributed by atoms with Gasteiger partial charge in [0.2, 0.25) is 5.91 Å². The van der Waals surface area contributed by atoms with E-state index in [1.807, 2.05) is 54.5 Å². The molecule has 1 aliphatic heterocycles. The lowest BCUT2D eigenvalue weighted by Crippen LogP contribution is -2.27. The van der Waals surface area contributed by atoms with Crippen LogP contribution in [0.4, 0.5) is 11.4 Å². The van der Waals surface area contributed by atoms with Gasteiger partial charge in [0.05, 0.1) is 0 Å². The highest BCUT2D eigenvalue weighted by molar-refractivity contribution is 6.05. The summed E-state index contributed by atoms with van der Waals surface area (Å²) >= 11 is 0. The molecule has 0 aliphatic carbocycles. The zero-order valence-electron chi connectivity index (χ0n) is 18.3. The Morgan fingerprint density at radius 3 is 2.77 bits per heavy atom. The van der Waals surface area contributed by atoms with Gasteiger partial charge < -0.3 is 14.8 Å². The molecule has 31 heavy (non-hydrogen) atoms. The lowest BCUT2D eigenvalue weighted by Gasteiger charge is -2.16. The average Bonchev–Trinajstić information content (AvgIpc) is 3.40. The second-order valence-electron chi connectivity index (χ2n) is 8.21. The summed E-state index contributed by atoms with van der Waals surface area (Å²) in [5.74, 6) is 1.36. The molecule has 0 radical (unpaired) electrons. The summed E-state index contributed by atoms with van der Waals surface area (Å²) in [5.41, 5.74) is 4.43. The number of amides is 2. The quantitative estimate of drug-likeness (QED) is 0.638. The second kappa shape index (κ2) is 8.76. The number of carbonyl (C=O) groups excluding carboxylic acids is 2. The summed E-state index contributed by atoms with van der Waals surface area (Å²) in [6.45, 7) is 7.51. The minimum absolute atomic E-state index is 0.117. The van der Waals surface area contributed by atoms with Gasteiger partial charge in [0, 0.05) is 54.8 Å². The molecule has 0 unspecified atom stereocenters. The van der Waals surface area contributed by atoms with Crippen molar-refractivity contribution < 1.29 is 9.59 Å². The summed E-state index contributed by atoms with van der Waals surface area (Å²) in [5, 5.41) is 3.01. The van der Waals surface area contributed by atoms with Crippen LogP contribution in [0.15, 0.2) is 54.9 Å². The normalized spacial score (nSPS) is 12.8. The molecule has 2 aromatic carbocycles. The number of aromatic nitrogens is 2. The molecule has 6 heteroatoms. The Morgan fingerprint density at radius 1 is 1.16 bits per heavy atom. The van der Waals surface area contributed by atoms with Gasteiger partial charge in [-0.25, -0.2) is 4.98 Å². The number of nitrogens with zero attached hydrogens (tertiary/aromatic N) is 3. The Hall–Kier alpha value is -3.41. The maximum absolute atomic E-state index is 12.9. The van der Waals surface area contributed by atoms with Gasteiger partial charge in [-0.1, -0.05) is 32.9 Å². The van der Waals surface area contributed by atoms with E-state index in [-0.39, 0.29) is 11.8 Å². The fraction of sp³-hybridized carbons (Fsp3) is 0.320. The number of nitrogens with one attached hydrogen (secondary N) is 1. The number of carbonyl (C=O) groups is 2. The maximum Gasteiger partial charge on any atom is 0.255 e. The predicted molar refractivity (Wildman–Crippen MR) is 123 cm³/mol. The topological polar surface area (TPSA) is 67.2 Å². The first-order chi connectivity index (χ1) is 15.0. The van der Waals surface area contributed by atoms with Crippen molar-refractivity contribution in [2.24, 2.45) is 0 Å². The largest absolute Gasteiger partial charge is 0.330 e. The number of anilines is 2. The van der Waals surface area contributed by atoms with Crippen molar-refractivity contribution in [1.29, 1.82) is 0 Å². The Labute approximate surface area is 182 Å². The van der Waals surface area contributed by atoms with Crippen LogP contribution in [0.25, 0.3) is 0 Å². The molecule has 1 aromatic heterocycles. The smallest absolute Gasteiger partial charge is 0.255 e. The van der Waals surface area contributed by atoms with Crippen LogP contribution in [-0.2, 0) is 17.8 Å². The monoisotopic (exact) mass is 416 g/mol. The molecule has 2 amide bonds. The molecule has 1 aliphatic rings. The molecule has 0 spiro atoms. The van der Waals surface area contributed by atoms with Crippen molar-refractivity contribution in [1.82, 2.24) is 9.55 Å². The molecule has 160 valence electrons. The van der Waals surface area contributed by atoms with E-state index in [0.29, 0.717) is 31.0 Å². The Balaban J connectivity index is 1.48. The van der Waals surface area contributed by atoms with E-state index in [4.69, 9.17) is 0 Å². The summed E-state index contributed by atoms with van der Waals surface area (Å²) in [6.07, 6.45) is 5.07. The van der Waals surface area contributed by atoms with E-state index in [0.717, 1.165) is 34.7 Å². The fourth-order valence-electron chi connectivity index (χ4n) is 4.10. The van der Waals surface area contributed by atoms with E-state index in [2.05, 4.69) is 34.8 Å². The van der Waals surface area contributed by atoms with Crippen LogP contribution in [0, 0.1) is 0 Å². The fourth-order valence-corrected chi connectivity index (χ4v) is 4.10. The first kappa shape index (κ1) is 20.8. The molecule has 0 fully saturated rings. The molecule has 4 rings (SSSR count). The maximum atomic E-state index is 12.9. The molecule has 3 aromatic rings. The molecule has 0 saturated heterocycles. The Kier molecular flexibility index (Phi) is 5.89. The number of hydrogen-bond acceptors (Lipinski definition) is 3. The third-order valence-corrected chi connectivity index (χ3v) is 5.64. The zero-order valence-corrected chi connectivity index (χ0v) is 18.3. The molecule has 0 saturated carbocycles. The van der Waals surface area contributed by atoms with Crippen LogP contribution in [0.1, 0.15) is 60.4 Å². The molecule has 2 heterocycles. The Morgan fingerprint density at radius 2 is 2.00 bits per heavy atom. The van der Waals surface area contributed by atoms with Gasteiger partial charge in [0.1, 0.15) is 5.82 Å². The number of imidazole rings is 1.